The lowest BCUT2D eigenvalue weighted by molar-refractivity contribution is -0.142. The number of aliphatic carboxylic acids is 1. The Bertz CT molecular complexity index is 1930. The number of nitrogens with zero attached hydrogens (tertiary/aromatic N) is 3. The average molecular weight is 1020 g/mol. The molecule has 10 amide bonds. The first kappa shape index (κ1) is 63.4. The third-order valence-electron chi connectivity index (χ3n) is 12.3. The summed E-state index contributed by atoms with van der Waals surface area (Å²) in [6.45, 7) is 14.1. The second kappa shape index (κ2) is 31.7. The highest BCUT2D eigenvalue weighted by atomic mass is 16.4. The highest BCUT2D eigenvalue weighted by molar-refractivity contribution is 5.98. The first-order chi connectivity index (χ1) is 33.7. The van der Waals surface area contributed by atoms with E-state index >= 15 is 0 Å². The van der Waals surface area contributed by atoms with Gasteiger partial charge in [0, 0.05) is 40.0 Å². The SMILES string of the molecule is CCNC(=O)[C@@H]1CCCN1C(=O)[C@H](CCCN=C(N)N)NC(=O)[C@@H](NC(=O)[C@H](CCC(=O)O)NC(=O)[C@@H](NC(=O)[C@H](NC(=O)[C@@H](NC(=O)CNC(=O)CN(C)C(C)=O)C(C)C)[C@@H](C)CC)[C@@H](C)O)[C@@H](C)CC. The minimum absolute atomic E-state index is 0.0469. The van der Waals surface area contributed by atoms with Gasteiger partial charge in [0.05, 0.1) is 19.2 Å². The average Bonchev–Trinajstić information content (AvgIpc) is 3.81. The molecule has 0 aromatic heterocycles. The molecule has 14 N–H and O–H groups in total. The number of amides is 10. The Hall–Kier alpha value is -6.60. The molecular weight excluding hydrogens is 943 g/mol. The van der Waals surface area contributed by atoms with E-state index in [1.807, 2.05) is 0 Å². The van der Waals surface area contributed by atoms with Crippen LogP contribution in [-0.4, -0.2) is 179 Å². The Morgan fingerprint density at radius 2 is 1.22 bits per heavy atom. The Labute approximate surface area is 421 Å². The van der Waals surface area contributed by atoms with E-state index in [1.165, 1.54) is 25.8 Å². The van der Waals surface area contributed by atoms with Gasteiger partial charge in [-0.15, -0.1) is 0 Å². The number of carboxylic acids is 1. The van der Waals surface area contributed by atoms with Gasteiger partial charge in [0.1, 0.15) is 42.3 Å². The summed E-state index contributed by atoms with van der Waals surface area (Å²) in [7, 11) is 1.40. The minimum atomic E-state index is -1.78. The summed E-state index contributed by atoms with van der Waals surface area (Å²) in [4.78, 5) is 152. The highest BCUT2D eigenvalue weighted by Crippen LogP contribution is 2.21. The highest BCUT2D eigenvalue weighted by Gasteiger charge is 2.40. The predicted molar refractivity (Wildman–Crippen MR) is 264 cm³/mol. The molecule has 1 rings (SSSR count). The van der Waals surface area contributed by atoms with Crippen molar-refractivity contribution < 1.29 is 63.0 Å². The monoisotopic (exact) mass is 1020 g/mol. The van der Waals surface area contributed by atoms with Gasteiger partial charge in [-0.1, -0.05) is 54.4 Å². The number of hydrogen-bond donors (Lipinski definition) is 12. The molecular formula is C46H81N13O13. The van der Waals surface area contributed by atoms with Crippen LogP contribution in [0.4, 0.5) is 0 Å². The maximum Gasteiger partial charge on any atom is 0.303 e. The van der Waals surface area contributed by atoms with Gasteiger partial charge < -0.3 is 74.0 Å². The number of hydrogen-bond acceptors (Lipinski definition) is 13. The molecule has 0 aliphatic carbocycles. The van der Waals surface area contributed by atoms with Gasteiger partial charge in [-0.25, -0.2) is 0 Å². The van der Waals surface area contributed by atoms with Crippen molar-refractivity contribution in [3.05, 3.63) is 0 Å². The fraction of sp³-hybridized carbons (Fsp3) is 0.739. The van der Waals surface area contributed by atoms with Crippen molar-refractivity contribution >= 4 is 71.0 Å². The molecule has 1 aliphatic rings. The van der Waals surface area contributed by atoms with Crippen LogP contribution in [0, 0.1) is 17.8 Å². The van der Waals surface area contributed by atoms with Gasteiger partial charge in [-0.05, 0) is 63.7 Å². The number of nitrogens with one attached hydrogen (secondary N) is 8. The minimum Gasteiger partial charge on any atom is -0.481 e. The molecule has 1 heterocycles. The zero-order chi connectivity index (χ0) is 55.0. The van der Waals surface area contributed by atoms with Crippen molar-refractivity contribution in [2.24, 2.45) is 34.2 Å². The zero-order valence-electron chi connectivity index (χ0n) is 43.4. The lowest BCUT2D eigenvalue weighted by atomic mass is 9.95. The topological polar surface area (TPSA) is 395 Å². The number of aliphatic hydroxyl groups is 1. The molecule has 0 radical (unpaired) electrons. The van der Waals surface area contributed by atoms with E-state index in [-0.39, 0.29) is 50.2 Å². The molecule has 1 aliphatic heterocycles. The molecule has 26 heteroatoms. The molecule has 0 bridgehead atoms. The second-order valence-corrected chi connectivity index (χ2v) is 18.5. The summed E-state index contributed by atoms with van der Waals surface area (Å²) in [6, 6.07) is -9.28. The van der Waals surface area contributed by atoms with Crippen LogP contribution in [0.1, 0.15) is 114 Å². The number of guanidine groups is 1. The molecule has 0 aromatic rings. The van der Waals surface area contributed by atoms with E-state index in [9.17, 15) is 63.0 Å². The van der Waals surface area contributed by atoms with Crippen LogP contribution in [0.5, 0.6) is 0 Å². The van der Waals surface area contributed by atoms with E-state index in [1.54, 1.807) is 48.5 Å². The predicted octanol–water partition coefficient (Wildman–Crippen LogP) is -3.34. The van der Waals surface area contributed by atoms with Crippen molar-refractivity contribution in [1.29, 1.82) is 0 Å². The second-order valence-electron chi connectivity index (χ2n) is 18.5. The van der Waals surface area contributed by atoms with Gasteiger partial charge in [0.2, 0.25) is 59.1 Å². The van der Waals surface area contributed by atoms with Crippen LogP contribution in [0.25, 0.3) is 0 Å². The maximum absolute atomic E-state index is 14.2. The van der Waals surface area contributed by atoms with Crippen LogP contribution in [-0.2, 0) is 52.7 Å². The number of carbonyl (C=O) groups is 11. The number of carbonyl (C=O) groups excluding carboxylic acids is 10. The van der Waals surface area contributed by atoms with E-state index < -0.39 is 139 Å². The summed E-state index contributed by atoms with van der Waals surface area (Å²) >= 11 is 0. The van der Waals surface area contributed by atoms with Crippen molar-refractivity contribution in [1.82, 2.24) is 52.3 Å². The van der Waals surface area contributed by atoms with Gasteiger partial charge in [-0.3, -0.25) is 57.7 Å². The van der Waals surface area contributed by atoms with E-state index in [2.05, 4.69) is 47.5 Å². The summed E-state index contributed by atoms with van der Waals surface area (Å²) in [6.07, 6.45) is -0.875. The lowest BCUT2D eigenvalue weighted by Crippen LogP contribution is -2.63. The smallest absolute Gasteiger partial charge is 0.303 e. The van der Waals surface area contributed by atoms with Crippen molar-refractivity contribution in [2.75, 3.05) is 39.8 Å². The molecule has 0 saturated carbocycles. The molecule has 72 heavy (non-hydrogen) atoms. The molecule has 26 nitrogen and oxygen atoms in total. The number of likely N-dealkylation sites (N-methyl/N-ethyl adjacent to an activating group) is 2. The first-order valence-corrected chi connectivity index (χ1v) is 24.5. The largest absolute Gasteiger partial charge is 0.481 e. The maximum atomic E-state index is 14.2. The van der Waals surface area contributed by atoms with E-state index in [0.717, 1.165) is 4.90 Å². The van der Waals surface area contributed by atoms with E-state index in [4.69, 9.17) is 11.5 Å². The van der Waals surface area contributed by atoms with Crippen molar-refractivity contribution in [2.45, 2.75) is 162 Å². The number of carboxylic acid groups (broad SMARTS) is 1. The van der Waals surface area contributed by atoms with Crippen LogP contribution < -0.4 is 54.0 Å². The fourth-order valence-electron chi connectivity index (χ4n) is 7.49. The summed E-state index contributed by atoms with van der Waals surface area (Å²) in [5, 5.41) is 40.8. The molecule has 408 valence electrons. The number of nitrogens with two attached hydrogens (primary N) is 2. The Morgan fingerprint density at radius 1 is 0.694 bits per heavy atom. The number of aliphatic imine (C=N–C) groups is 1. The summed E-state index contributed by atoms with van der Waals surface area (Å²) in [5.74, 6) is -10.5. The van der Waals surface area contributed by atoms with E-state index in [0.29, 0.717) is 32.2 Å². The molecule has 0 unspecified atom stereocenters. The van der Waals surface area contributed by atoms with Gasteiger partial charge >= 0.3 is 5.97 Å². The van der Waals surface area contributed by atoms with Gasteiger partial charge in [0.15, 0.2) is 5.96 Å². The molecule has 0 spiro atoms. The quantitative estimate of drug-likeness (QED) is 0.0184. The number of likely N-dealkylation sites (tertiary alicyclic amines) is 1. The Balaban J connectivity index is 3.40. The lowest BCUT2D eigenvalue weighted by Gasteiger charge is -2.32. The summed E-state index contributed by atoms with van der Waals surface area (Å²) < 4.78 is 0. The van der Waals surface area contributed by atoms with Crippen LogP contribution in [0.3, 0.4) is 0 Å². The fourth-order valence-corrected chi connectivity index (χ4v) is 7.49. The Kier molecular flexibility index (Phi) is 27.9. The zero-order valence-corrected chi connectivity index (χ0v) is 43.4. The third-order valence-corrected chi connectivity index (χ3v) is 12.3. The molecule has 1 fully saturated rings. The van der Waals surface area contributed by atoms with Crippen LogP contribution >= 0.6 is 0 Å². The molecule has 10 atom stereocenters. The Morgan fingerprint density at radius 3 is 1.74 bits per heavy atom. The van der Waals surface area contributed by atoms with Gasteiger partial charge in [0.25, 0.3) is 0 Å². The standard InChI is InChI=1S/C46H81N13O13/c1-11-25(6)36(42(69)53-30(16-14-20-50-46(47)48)45(72)59-21-15-17-31(59)40(67)49-13-3)55-39(66)29(18-19-34(64)65)52-44(71)38(27(8)60)57-43(70)37(26(7)12-2)56-41(68)35(24(4)5)54-32(62)22-51-33(63)23-58(10)28(9)61/h24-27,29-31,35-38,60H,11-23H2,1-10H3,(H,49,67)(H,51,63)(H,52,71)(H,53,69)(H,54,62)(H,55,66)(H,56,68)(H,57,70)(H,64,65)(H4,47,48,50)/t25-,26-,27+,29-,30-,31-,35-,36-,37+,38-/m0/s1. The van der Waals surface area contributed by atoms with Crippen molar-refractivity contribution in [3.8, 4) is 0 Å². The normalized spacial score (nSPS) is 16.9. The van der Waals surface area contributed by atoms with Crippen LogP contribution in [0.15, 0.2) is 4.99 Å². The number of aliphatic hydroxyl groups excluding tert-OH is 1. The first-order valence-electron chi connectivity index (χ1n) is 24.5. The van der Waals surface area contributed by atoms with Gasteiger partial charge in [-0.2, -0.15) is 0 Å². The number of rotatable bonds is 31. The third kappa shape index (κ3) is 21.4. The van der Waals surface area contributed by atoms with Crippen molar-refractivity contribution in [3.63, 3.8) is 0 Å². The molecule has 0 aromatic carbocycles. The summed E-state index contributed by atoms with van der Waals surface area (Å²) in [5.41, 5.74) is 11.0. The molecule has 1 saturated heterocycles. The van der Waals surface area contributed by atoms with Crippen LogP contribution in [0.2, 0.25) is 0 Å².